The maximum absolute atomic E-state index is 12.6. The first-order valence-corrected chi connectivity index (χ1v) is 7.90. The Balaban J connectivity index is 1.80. The number of anilines is 1. The summed E-state index contributed by atoms with van der Waals surface area (Å²) >= 11 is 0. The van der Waals surface area contributed by atoms with E-state index in [0.717, 1.165) is 16.8 Å². The zero-order chi connectivity index (χ0) is 17.4. The van der Waals surface area contributed by atoms with Gasteiger partial charge in [0.05, 0.1) is 0 Å². The summed E-state index contributed by atoms with van der Waals surface area (Å²) in [6, 6.07) is 12.4. The normalized spacial score (nSPS) is 14.5. The van der Waals surface area contributed by atoms with E-state index < -0.39 is 6.04 Å². The minimum atomic E-state index is -0.640. The van der Waals surface area contributed by atoms with Crippen molar-refractivity contribution >= 4 is 23.2 Å². The van der Waals surface area contributed by atoms with E-state index in [0.29, 0.717) is 11.3 Å². The van der Waals surface area contributed by atoms with Gasteiger partial charge >= 0.3 is 0 Å². The second kappa shape index (κ2) is 5.96. The molecule has 1 aliphatic rings. The first-order valence-electron chi connectivity index (χ1n) is 7.90. The zero-order valence-corrected chi connectivity index (χ0v) is 14.1. The molecule has 0 saturated carbocycles. The number of benzene rings is 2. The van der Waals surface area contributed by atoms with Crippen molar-refractivity contribution in [1.29, 1.82) is 0 Å². The molecule has 2 amide bonds. The van der Waals surface area contributed by atoms with Crippen molar-refractivity contribution in [2.75, 3.05) is 5.32 Å². The van der Waals surface area contributed by atoms with Crippen LogP contribution in [0.15, 0.2) is 49.0 Å². The smallest absolute Gasteiger partial charge is 0.259 e. The van der Waals surface area contributed by atoms with E-state index in [9.17, 15) is 9.59 Å². The van der Waals surface area contributed by atoms with Gasteiger partial charge in [-0.15, -0.1) is 0 Å². The highest BCUT2D eigenvalue weighted by Gasteiger charge is 2.36. The monoisotopic (exact) mass is 320 g/mol. The van der Waals surface area contributed by atoms with Crippen LogP contribution in [-0.2, 0) is 4.79 Å². The van der Waals surface area contributed by atoms with E-state index in [1.54, 1.807) is 13.0 Å². The lowest BCUT2D eigenvalue weighted by atomic mass is 10.1. The molecule has 4 heteroatoms. The third-order valence-corrected chi connectivity index (χ3v) is 4.52. The molecule has 0 aromatic heterocycles. The van der Waals surface area contributed by atoms with Gasteiger partial charge in [0.25, 0.3) is 5.91 Å². The first-order chi connectivity index (χ1) is 11.4. The third kappa shape index (κ3) is 2.60. The number of amides is 2. The van der Waals surface area contributed by atoms with Crippen LogP contribution in [0.3, 0.4) is 0 Å². The zero-order valence-electron chi connectivity index (χ0n) is 14.1. The topological polar surface area (TPSA) is 49.4 Å². The molecular weight excluding hydrogens is 300 g/mol. The highest BCUT2D eigenvalue weighted by molar-refractivity contribution is 6.11. The van der Waals surface area contributed by atoms with E-state index in [2.05, 4.69) is 11.9 Å². The molecule has 1 unspecified atom stereocenters. The van der Waals surface area contributed by atoms with Crippen LogP contribution in [0.4, 0.5) is 5.69 Å². The molecule has 1 atom stereocenters. The first kappa shape index (κ1) is 16.0. The summed E-state index contributed by atoms with van der Waals surface area (Å²) < 4.78 is 0. The SMILES string of the molecule is C=C1c2ccccc2C(=O)N1C(C)C(=O)Nc1ccc(C)c(C)c1. The van der Waals surface area contributed by atoms with E-state index in [4.69, 9.17) is 0 Å². The maximum atomic E-state index is 12.6. The van der Waals surface area contributed by atoms with Gasteiger partial charge in [0.15, 0.2) is 0 Å². The largest absolute Gasteiger partial charge is 0.324 e. The second-order valence-corrected chi connectivity index (χ2v) is 6.13. The lowest BCUT2D eigenvalue weighted by Gasteiger charge is -2.24. The molecule has 0 saturated heterocycles. The number of hydrogen-bond donors (Lipinski definition) is 1. The van der Waals surface area contributed by atoms with Crippen LogP contribution in [-0.4, -0.2) is 22.8 Å². The fourth-order valence-corrected chi connectivity index (χ4v) is 2.90. The fraction of sp³-hybridized carbons (Fsp3) is 0.200. The summed E-state index contributed by atoms with van der Waals surface area (Å²) in [6.07, 6.45) is 0. The Morgan fingerprint density at radius 1 is 1.08 bits per heavy atom. The van der Waals surface area contributed by atoms with Gasteiger partial charge in [-0.05, 0) is 50.1 Å². The van der Waals surface area contributed by atoms with Crippen LogP contribution in [0.2, 0.25) is 0 Å². The van der Waals surface area contributed by atoms with Gasteiger partial charge in [-0.3, -0.25) is 14.5 Å². The van der Waals surface area contributed by atoms with Crippen LogP contribution in [0.5, 0.6) is 0 Å². The Labute approximate surface area is 141 Å². The van der Waals surface area contributed by atoms with Crippen LogP contribution in [0.1, 0.15) is 34.0 Å². The quantitative estimate of drug-likeness (QED) is 0.936. The van der Waals surface area contributed by atoms with Gasteiger partial charge in [0.1, 0.15) is 6.04 Å². The van der Waals surface area contributed by atoms with Gasteiger partial charge in [-0.1, -0.05) is 30.8 Å². The van der Waals surface area contributed by atoms with Crippen molar-refractivity contribution in [2.24, 2.45) is 0 Å². The summed E-state index contributed by atoms with van der Waals surface area (Å²) in [4.78, 5) is 26.6. The summed E-state index contributed by atoms with van der Waals surface area (Å²) in [5.41, 5.74) is 4.94. The Morgan fingerprint density at radius 3 is 2.38 bits per heavy atom. The lowest BCUT2D eigenvalue weighted by molar-refractivity contribution is -0.119. The number of aryl methyl sites for hydroxylation is 2. The Morgan fingerprint density at radius 2 is 1.75 bits per heavy atom. The number of rotatable bonds is 3. The summed E-state index contributed by atoms with van der Waals surface area (Å²) in [6.45, 7) is 9.72. The van der Waals surface area contributed by atoms with E-state index >= 15 is 0 Å². The molecule has 0 bridgehead atoms. The average Bonchev–Trinajstić information content (AvgIpc) is 2.82. The number of carbonyl (C=O) groups is 2. The molecule has 0 fully saturated rings. The molecule has 1 aliphatic heterocycles. The lowest BCUT2D eigenvalue weighted by Crippen LogP contribution is -2.41. The number of hydrogen-bond acceptors (Lipinski definition) is 2. The molecular formula is C20H20N2O2. The summed E-state index contributed by atoms with van der Waals surface area (Å²) in [5.74, 6) is -0.418. The number of fused-ring (bicyclic) bond motifs is 1. The molecule has 2 aromatic rings. The van der Waals surface area contributed by atoms with E-state index in [1.807, 2.05) is 50.2 Å². The van der Waals surface area contributed by atoms with Crippen LogP contribution in [0.25, 0.3) is 5.70 Å². The highest BCUT2D eigenvalue weighted by Crippen LogP contribution is 2.33. The molecule has 3 rings (SSSR count). The Hall–Kier alpha value is -2.88. The van der Waals surface area contributed by atoms with Crippen molar-refractivity contribution in [1.82, 2.24) is 4.90 Å². The van der Waals surface area contributed by atoms with E-state index in [1.165, 1.54) is 10.5 Å². The third-order valence-electron chi connectivity index (χ3n) is 4.52. The van der Waals surface area contributed by atoms with Gasteiger partial charge in [0, 0.05) is 22.5 Å². The molecule has 0 spiro atoms. The van der Waals surface area contributed by atoms with Crippen LogP contribution < -0.4 is 5.32 Å². The van der Waals surface area contributed by atoms with Crippen LogP contribution in [0, 0.1) is 13.8 Å². The maximum Gasteiger partial charge on any atom is 0.259 e. The van der Waals surface area contributed by atoms with Gasteiger partial charge in [0.2, 0.25) is 5.91 Å². The fourth-order valence-electron chi connectivity index (χ4n) is 2.90. The summed E-state index contributed by atoms with van der Waals surface area (Å²) in [7, 11) is 0. The minimum absolute atomic E-state index is 0.182. The van der Waals surface area contributed by atoms with Gasteiger partial charge < -0.3 is 5.32 Å². The predicted octanol–water partition coefficient (Wildman–Crippen LogP) is 3.76. The summed E-state index contributed by atoms with van der Waals surface area (Å²) in [5, 5.41) is 2.88. The van der Waals surface area contributed by atoms with Crippen molar-refractivity contribution in [2.45, 2.75) is 26.8 Å². The molecule has 2 aromatic carbocycles. The van der Waals surface area contributed by atoms with Crippen molar-refractivity contribution in [3.05, 3.63) is 71.3 Å². The predicted molar refractivity (Wildman–Crippen MR) is 95.7 cm³/mol. The Kier molecular flexibility index (Phi) is 3.97. The molecule has 1 heterocycles. The average molecular weight is 320 g/mol. The molecule has 0 aliphatic carbocycles. The molecule has 1 N–H and O–H groups in total. The van der Waals surface area contributed by atoms with Gasteiger partial charge in [-0.25, -0.2) is 0 Å². The minimum Gasteiger partial charge on any atom is -0.324 e. The number of carbonyl (C=O) groups excluding carboxylic acids is 2. The van der Waals surface area contributed by atoms with Crippen molar-refractivity contribution < 1.29 is 9.59 Å². The molecule has 4 nitrogen and oxygen atoms in total. The Bertz CT molecular complexity index is 819. The second-order valence-electron chi connectivity index (χ2n) is 6.13. The number of nitrogens with one attached hydrogen (secondary N) is 1. The van der Waals surface area contributed by atoms with Crippen molar-refractivity contribution in [3.63, 3.8) is 0 Å². The molecule has 122 valence electrons. The molecule has 24 heavy (non-hydrogen) atoms. The van der Waals surface area contributed by atoms with E-state index in [-0.39, 0.29) is 11.8 Å². The van der Waals surface area contributed by atoms with Crippen LogP contribution >= 0.6 is 0 Å². The van der Waals surface area contributed by atoms with Crippen molar-refractivity contribution in [3.8, 4) is 0 Å². The number of nitrogens with zero attached hydrogens (tertiary/aromatic N) is 1. The highest BCUT2D eigenvalue weighted by atomic mass is 16.2. The molecule has 0 radical (unpaired) electrons. The van der Waals surface area contributed by atoms with Gasteiger partial charge in [-0.2, -0.15) is 0 Å². The standard InChI is InChI=1S/C20H20N2O2/c1-12-9-10-16(11-13(12)2)21-19(23)15(4)22-14(3)17-7-5-6-8-18(17)20(22)24/h5-11,15H,3H2,1-2,4H3,(H,21,23).